The second-order valence-corrected chi connectivity index (χ2v) is 6.50. The van der Waals surface area contributed by atoms with Crippen molar-refractivity contribution in [3.05, 3.63) is 40.6 Å². The standard InChI is InChI=1S/C17H20N2O3S/c1-12(10-18)17(20)19(11-14-3-2-8-23-14)13-4-5-15-16(9-13)22-7-6-21-15/h2-5,8-9,12H,6-7,10-11,18H2,1H3. The van der Waals surface area contributed by atoms with Crippen LogP contribution in [0, 0.1) is 5.92 Å². The Labute approximate surface area is 139 Å². The van der Waals surface area contributed by atoms with Crippen LogP contribution in [0.3, 0.4) is 0 Å². The number of rotatable bonds is 5. The molecule has 0 spiro atoms. The number of amides is 1. The zero-order chi connectivity index (χ0) is 16.2. The highest BCUT2D eigenvalue weighted by Crippen LogP contribution is 2.35. The fourth-order valence-electron chi connectivity index (χ4n) is 2.42. The molecule has 2 heterocycles. The number of ether oxygens (including phenoxy) is 2. The van der Waals surface area contributed by atoms with Crippen LogP contribution in [0.2, 0.25) is 0 Å². The van der Waals surface area contributed by atoms with Crippen LogP contribution in [0.4, 0.5) is 5.69 Å². The van der Waals surface area contributed by atoms with Crippen LogP contribution in [-0.2, 0) is 11.3 Å². The molecule has 1 aromatic carbocycles. The van der Waals surface area contributed by atoms with E-state index in [2.05, 4.69) is 0 Å². The Balaban J connectivity index is 1.92. The highest BCUT2D eigenvalue weighted by molar-refractivity contribution is 7.09. The number of carbonyl (C=O) groups is 1. The van der Waals surface area contributed by atoms with Gasteiger partial charge in [0.05, 0.1) is 6.54 Å². The van der Waals surface area contributed by atoms with Gasteiger partial charge in [-0.2, -0.15) is 0 Å². The summed E-state index contributed by atoms with van der Waals surface area (Å²) in [4.78, 5) is 15.6. The minimum atomic E-state index is -0.233. The van der Waals surface area contributed by atoms with E-state index in [1.807, 2.05) is 42.6 Å². The molecular weight excluding hydrogens is 312 g/mol. The Kier molecular flexibility index (Phi) is 4.83. The average molecular weight is 332 g/mol. The van der Waals surface area contributed by atoms with Crippen LogP contribution in [-0.4, -0.2) is 25.7 Å². The first kappa shape index (κ1) is 15.8. The smallest absolute Gasteiger partial charge is 0.231 e. The van der Waals surface area contributed by atoms with Crippen molar-refractivity contribution in [3.63, 3.8) is 0 Å². The Hall–Kier alpha value is -2.05. The number of nitrogens with two attached hydrogens (primary N) is 1. The molecule has 1 atom stereocenters. The van der Waals surface area contributed by atoms with Crippen LogP contribution in [0.15, 0.2) is 35.7 Å². The van der Waals surface area contributed by atoms with Crippen LogP contribution in [0.5, 0.6) is 11.5 Å². The summed E-state index contributed by atoms with van der Waals surface area (Å²) < 4.78 is 11.2. The molecule has 0 bridgehead atoms. The molecule has 0 aliphatic carbocycles. The lowest BCUT2D eigenvalue weighted by molar-refractivity contribution is -0.121. The maximum atomic E-state index is 12.7. The van der Waals surface area contributed by atoms with Crippen molar-refractivity contribution in [2.45, 2.75) is 13.5 Å². The second-order valence-electron chi connectivity index (χ2n) is 5.47. The highest BCUT2D eigenvalue weighted by Gasteiger charge is 2.23. The molecular formula is C17H20N2O3S. The van der Waals surface area contributed by atoms with Gasteiger partial charge in [0.1, 0.15) is 13.2 Å². The van der Waals surface area contributed by atoms with Gasteiger partial charge in [0.15, 0.2) is 11.5 Å². The summed E-state index contributed by atoms with van der Waals surface area (Å²) in [6.07, 6.45) is 0. The van der Waals surface area contributed by atoms with Crippen molar-refractivity contribution in [2.24, 2.45) is 11.7 Å². The van der Waals surface area contributed by atoms with E-state index in [4.69, 9.17) is 15.2 Å². The van der Waals surface area contributed by atoms with Crippen LogP contribution in [0.25, 0.3) is 0 Å². The summed E-state index contributed by atoms with van der Waals surface area (Å²) in [5.41, 5.74) is 6.48. The first-order chi connectivity index (χ1) is 11.2. The van der Waals surface area contributed by atoms with Gasteiger partial charge in [-0.25, -0.2) is 0 Å². The third-order valence-corrected chi connectivity index (χ3v) is 4.63. The lowest BCUT2D eigenvalue weighted by Gasteiger charge is -2.27. The molecule has 5 nitrogen and oxygen atoms in total. The van der Waals surface area contributed by atoms with E-state index in [1.54, 1.807) is 16.2 Å². The van der Waals surface area contributed by atoms with E-state index in [9.17, 15) is 4.79 Å². The molecule has 0 saturated heterocycles. The minimum absolute atomic E-state index is 0.0116. The van der Waals surface area contributed by atoms with E-state index < -0.39 is 0 Å². The zero-order valence-electron chi connectivity index (χ0n) is 13.0. The molecule has 1 amide bonds. The van der Waals surface area contributed by atoms with Crippen molar-refractivity contribution in [3.8, 4) is 11.5 Å². The topological polar surface area (TPSA) is 64.8 Å². The Morgan fingerprint density at radius 3 is 2.78 bits per heavy atom. The lowest BCUT2D eigenvalue weighted by atomic mass is 10.1. The number of hydrogen-bond donors (Lipinski definition) is 1. The van der Waals surface area contributed by atoms with Gasteiger partial charge in [-0.15, -0.1) is 11.3 Å². The van der Waals surface area contributed by atoms with E-state index in [0.717, 1.165) is 16.3 Å². The molecule has 1 aliphatic rings. The van der Waals surface area contributed by atoms with Crippen molar-refractivity contribution < 1.29 is 14.3 Å². The van der Waals surface area contributed by atoms with Gasteiger partial charge in [-0.1, -0.05) is 13.0 Å². The number of benzene rings is 1. The number of hydrogen-bond acceptors (Lipinski definition) is 5. The fraction of sp³-hybridized carbons (Fsp3) is 0.353. The quantitative estimate of drug-likeness (QED) is 0.914. The Morgan fingerprint density at radius 1 is 1.30 bits per heavy atom. The number of anilines is 1. The van der Waals surface area contributed by atoms with Crippen molar-refractivity contribution in [1.82, 2.24) is 0 Å². The number of carbonyl (C=O) groups excluding carboxylic acids is 1. The average Bonchev–Trinajstić information content (AvgIpc) is 3.11. The first-order valence-corrected chi connectivity index (χ1v) is 8.50. The van der Waals surface area contributed by atoms with E-state index in [0.29, 0.717) is 32.1 Å². The van der Waals surface area contributed by atoms with Crippen LogP contribution in [0.1, 0.15) is 11.8 Å². The first-order valence-electron chi connectivity index (χ1n) is 7.62. The van der Waals surface area contributed by atoms with E-state index >= 15 is 0 Å². The molecule has 2 aromatic rings. The molecule has 23 heavy (non-hydrogen) atoms. The summed E-state index contributed by atoms with van der Waals surface area (Å²) in [7, 11) is 0. The largest absolute Gasteiger partial charge is 0.486 e. The molecule has 0 radical (unpaired) electrons. The zero-order valence-corrected chi connectivity index (χ0v) is 13.8. The molecule has 6 heteroatoms. The highest BCUT2D eigenvalue weighted by atomic mass is 32.1. The number of nitrogens with zero attached hydrogens (tertiary/aromatic N) is 1. The van der Waals surface area contributed by atoms with Gasteiger partial charge in [-0.3, -0.25) is 4.79 Å². The molecule has 0 saturated carbocycles. The molecule has 0 fully saturated rings. The van der Waals surface area contributed by atoms with Gasteiger partial charge in [0, 0.05) is 29.1 Å². The normalized spacial score (nSPS) is 14.3. The maximum Gasteiger partial charge on any atom is 0.231 e. The second kappa shape index (κ2) is 7.02. The van der Waals surface area contributed by atoms with Gasteiger partial charge < -0.3 is 20.1 Å². The van der Waals surface area contributed by atoms with Gasteiger partial charge in [0.2, 0.25) is 5.91 Å². The Morgan fingerprint density at radius 2 is 2.09 bits per heavy atom. The molecule has 1 aromatic heterocycles. The predicted octanol–water partition coefficient (Wildman–Crippen LogP) is 2.65. The van der Waals surface area contributed by atoms with Crippen molar-refractivity contribution >= 4 is 22.9 Å². The molecule has 122 valence electrons. The number of fused-ring (bicyclic) bond motifs is 1. The molecule has 3 rings (SSSR count). The number of thiophene rings is 1. The summed E-state index contributed by atoms with van der Waals surface area (Å²) in [6, 6.07) is 9.62. The van der Waals surface area contributed by atoms with E-state index in [-0.39, 0.29) is 11.8 Å². The SMILES string of the molecule is CC(CN)C(=O)N(Cc1cccs1)c1ccc2c(c1)OCCO2. The molecule has 2 N–H and O–H groups in total. The fourth-order valence-corrected chi connectivity index (χ4v) is 3.11. The lowest BCUT2D eigenvalue weighted by Crippen LogP contribution is -2.37. The summed E-state index contributed by atoms with van der Waals surface area (Å²) in [5, 5.41) is 2.01. The van der Waals surface area contributed by atoms with Crippen LogP contribution >= 0.6 is 11.3 Å². The summed E-state index contributed by atoms with van der Waals surface area (Å²) in [5.74, 6) is 1.18. The van der Waals surface area contributed by atoms with E-state index in [1.165, 1.54) is 0 Å². The monoisotopic (exact) mass is 332 g/mol. The van der Waals surface area contributed by atoms with Gasteiger partial charge >= 0.3 is 0 Å². The minimum Gasteiger partial charge on any atom is -0.486 e. The third-order valence-electron chi connectivity index (χ3n) is 3.77. The van der Waals surface area contributed by atoms with Gasteiger partial charge in [0.25, 0.3) is 0 Å². The summed E-state index contributed by atoms with van der Waals surface area (Å²) >= 11 is 1.63. The van der Waals surface area contributed by atoms with Crippen LogP contribution < -0.4 is 20.1 Å². The Bertz CT molecular complexity index is 672. The third kappa shape index (κ3) is 3.48. The maximum absolute atomic E-state index is 12.7. The molecule has 1 aliphatic heterocycles. The summed E-state index contributed by atoms with van der Waals surface area (Å²) in [6.45, 7) is 3.77. The van der Waals surface area contributed by atoms with Crippen molar-refractivity contribution in [1.29, 1.82) is 0 Å². The molecule has 1 unspecified atom stereocenters. The van der Waals surface area contributed by atoms with Crippen molar-refractivity contribution in [2.75, 3.05) is 24.7 Å². The van der Waals surface area contributed by atoms with Gasteiger partial charge in [-0.05, 0) is 23.6 Å². The predicted molar refractivity (Wildman–Crippen MR) is 91.2 cm³/mol.